The average Bonchev–Trinajstić information content (AvgIpc) is 2.27. The number of carboxylic acid groups (broad SMARTS) is 1. The second kappa shape index (κ2) is 6.40. The molecule has 1 atom stereocenters. The molecule has 1 aromatic rings. The average molecular weight is 251 g/mol. The summed E-state index contributed by atoms with van der Waals surface area (Å²) in [4.78, 5) is 12.5. The van der Waals surface area contributed by atoms with Crippen molar-refractivity contribution in [3.05, 3.63) is 29.8 Å². The molecule has 0 aliphatic rings. The van der Waals surface area contributed by atoms with Gasteiger partial charge in [0.2, 0.25) is 0 Å². The maximum absolute atomic E-state index is 10.7. The van der Waals surface area contributed by atoms with Crippen molar-refractivity contribution in [1.29, 1.82) is 0 Å². The van der Waals surface area contributed by atoms with Crippen molar-refractivity contribution < 1.29 is 14.6 Å². The Morgan fingerprint density at radius 3 is 2.28 bits per heavy atom. The highest BCUT2D eigenvalue weighted by atomic mass is 16.5. The van der Waals surface area contributed by atoms with Crippen molar-refractivity contribution in [3.63, 3.8) is 0 Å². The zero-order valence-corrected chi connectivity index (χ0v) is 11.4. The maximum Gasteiger partial charge on any atom is 0.317 e. The molecule has 0 radical (unpaired) electrons. The Morgan fingerprint density at radius 2 is 1.83 bits per heavy atom. The summed E-state index contributed by atoms with van der Waals surface area (Å²) in [5.74, 6) is 0.0194. The lowest BCUT2D eigenvalue weighted by Gasteiger charge is -2.23. The zero-order chi connectivity index (χ0) is 13.7. The summed E-state index contributed by atoms with van der Waals surface area (Å²) < 4.78 is 5.57. The number of aliphatic carboxylic acids is 1. The smallest absolute Gasteiger partial charge is 0.317 e. The highest BCUT2D eigenvalue weighted by Crippen LogP contribution is 2.21. The van der Waals surface area contributed by atoms with Gasteiger partial charge >= 0.3 is 5.97 Å². The summed E-state index contributed by atoms with van der Waals surface area (Å²) in [5, 5.41) is 8.76. The van der Waals surface area contributed by atoms with Crippen LogP contribution in [0.1, 0.15) is 32.4 Å². The van der Waals surface area contributed by atoms with E-state index in [2.05, 4.69) is 0 Å². The van der Waals surface area contributed by atoms with Crippen LogP contribution >= 0.6 is 0 Å². The summed E-state index contributed by atoms with van der Waals surface area (Å²) in [7, 11) is 1.80. The Morgan fingerprint density at radius 1 is 1.28 bits per heavy atom. The number of nitrogens with zero attached hydrogens (tertiary/aromatic N) is 1. The van der Waals surface area contributed by atoms with Crippen LogP contribution in [-0.2, 0) is 4.79 Å². The van der Waals surface area contributed by atoms with Gasteiger partial charge in [-0.15, -0.1) is 0 Å². The molecule has 4 nitrogen and oxygen atoms in total. The predicted octanol–water partition coefficient (Wildman–Crippen LogP) is 2.55. The summed E-state index contributed by atoms with van der Waals surface area (Å²) in [6, 6.07) is 7.84. The number of rotatable bonds is 6. The highest BCUT2D eigenvalue weighted by molar-refractivity contribution is 5.69. The highest BCUT2D eigenvalue weighted by Gasteiger charge is 2.14. The lowest BCUT2D eigenvalue weighted by Crippen LogP contribution is -2.28. The molecule has 0 saturated heterocycles. The van der Waals surface area contributed by atoms with E-state index in [1.165, 1.54) is 0 Å². The van der Waals surface area contributed by atoms with Crippen LogP contribution in [0.2, 0.25) is 0 Å². The van der Waals surface area contributed by atoms with Crippen LogP contribution in [0.5, 0.6) is 5.75 Å². The molecule has 0 amide bonds. The summed E-state index contributed by atoms with van der Waals surface area (Å²) in [6.45, 7) is 5.99. The van der Waals surface area contributed by atoms with Gasteiger partial charge in [-0.05, 0) is 45.5 Å². The van der Waals surface area contributed by atoms with E-state index < -0.39 is 5.97 Å². The fourth-order valence-corrected chi connectivity index (χ4v) is 1.70. The summed E-state index contributed by atoms with van der Waals surface area (Å²) in [5.41, 5.74) is 1.08. The van der Waals surface area contributed by atoms with E-state index in [4.69, 9.17) is 9.84 Å². The maximum atomic E-state index is 10.7. The largest absolute Gasteiger partial charge is 0.491 e. The SMILES string of the molecule is CC(C)Oc1ccc(C(C)N(C)CC(=O)O)cc1. The van der Waals surface area contributed by atoms with Crippen LogP contribution in [0.15, 0.2) is 24.3 Å². The molecule has 4 heteroatoms. The van der Waals surface area contributed by atoms with E-state index in [9.17, 15) is 4.79 Å². The Labute approximate surface area is 108 Å². The van der Waals surface area contributed by atoms with Crippen LogP contribution in [0.4, 0.5) is 0 Å². The van der Waals surface area contributed by atoms with Gasteiger partial charge in [0, 0.05) is 6.04 Å². The molecule has 0 aliphatic heterocycles. The number of hydrogen-bond donors (Lipinski definition) is 1. The predicted molar refractivity (Wildman–Crippen MR) is 70.9 cm³/mol. The number of carbonyl (C=O) groups is 1. The van der Waals surface area contributed by atoms with Crippen molar-refractivity contribution in [3.8, 4) is 5.75 Å². The number of likely N-dealkylation sites (N-methyl/N-ethyl adjacent to an activating group) is 1. The monoisotopic (exact) mass is 251 g/mol. The van der Waals surface area contributed by atoms with Gasteiger partial charge in [-0.1, -0.05) is 12.1 Å². The first-order valence-corrected chi connectivity index (χ1v) is 6.08. The van der Waals surface area contributed by atoms with Gasteiger partial charge in [-0.3, -0.25) is 9.69 Å². The van der Waals surface area contributed by atoms with E-state index in [0.717, 1.165) is 11.3 Å². The number of benzene rings is 1. The first-order chi connectivity index (χ1) is 8.40. The third kappa shape index (κ3) is 4.37. The van der Waals surface area contributed by atoms with Gasteiger partial charge in [0.25, 0.3) is 0 Å². The lowest BCUT2D eigenvalue weighted by molar-refractivity contribution is -0.138. The fourth-order valence-electron chi connectivity index (χ4n) is 1.70. The second-order valence-electron chi connectivity index (χ2n) is 4.72. The first kappa shape index (κ1) is 14.5. The van der Waals surface area contributed by atoms with Crippen molar-refractivity contribution in [2.45, 2.75) is 32.9 Å². The fraction of sp³-hybridized carbons (Fsp3) is 0.500. The molecule has 1 N–H and O–H groups in total. The minimum absolute atomic E-state index is 0.0331. The van der Waals surface area contributed by atoms with E-state index in [1.807, 2.05) is 45.0 Å². The molecule has 0 fully saturated rings. The van der Waals surface area contributed by atoms with Gasteiger partial charge < -0.3 is 9.84 Å². The summed E-state index contributed by atoms with van der Waals surface area (Å²) in [6.07, 6.45) is 0.156. The van der Waals surface area contributed by atoms with Gasteiger partial charge in [0.05, 0.1) is 12.6 Å². The number of hydrogen-bond acceptors (Lipinski definition) is 3. The van der Waals surface area contributed by atoms with Crippen LogP contribution in [0.25, 0.3) is 0 Å². The normalized spacial score (nSPS) is 12.8. The molecule has 0 aliphatic carbocycles. The third-order valence-corrected chi connectivity index (χ3v) is 2.78. The Balaban J connectivity index is 2.69. The van der Waals surface area contributed by atoms with Crippen molar-refractivity contribution in [2.24, 2.45) is 0 Å². The molecule has 0 heterocycles. The Hall–Kier alpha value is -1.55. The van der Waals surface area contributed by atoms with Crippen LogP contribution < -0.4 is 4.74 Å². The van der Waals surface area contributed by atoms with Crippen LogP contribution in [0, 0.1) is 0 Å². The molecule has 0 saturated carbocycles. The van der Waals surface area contributed by atoms with Crippen molar-refractivity contribution in [1.82, 2.24) is 4.90 Å². The van der Waals surface area contributed by atoms with E-state index in [0.29, 0.717) is 0 Å². The molecule has 100 valence electrons. The third-order valence-electron chi connectivity index (χ3n) is 2.78. The topological polar surface area (TPSA) is 49.8 Å². The minimum atomic E-state index is -0.816. The lowest BCUT2D eigenvalue weighted by atomic mass is 10.1. The molecule has 1 aromatic carbocycles. The molecule has 1 rings (SSSR count). The molecular formula is C14H21NO3. The molecular weight excluding hydrogens is 230 g/mol. The number of ether oxygens (including phenoxy) is 1. The van der Waals surface area contributed by atoms with Crippen LogP contribution in [0.3, 0.4) is 0 Å². The molecule has 0 bridgehead atoms. The molecule has 0 spiro atoms. The first-order valence-electron chi connectivity index (χ1n) is 6.08. The van der Waals surface area contributed by atoms with Crippen molar-refractivity contribution in [2.75, 3.05) is 13.6 Å². The summed E-state index contributed by atoms with van der Waals surface area (Å²) >= 11 is 0. The van der Waals surface area contributed by atoms with Gasteiger partial charge in [0.1, 0.15) is 5.75 Å². The van der Waals surface area contributed by atoms with Gasteiger partial charge in [-0.25, -0.2) is 0 Å². The molecule has 0 aromatic heterocycles. The standard InChI is InChI=1S/C14H21NO3/c1-10(2)18-13-7-5-12(6-8-13)11(3)15(4)9-14(16)17/h5-8,10-11H,9H2,1-4H3,(H,16,17). The second-order valence-corrected chi connectivity index (χ2v) is 4.72. The molecule has 1 unspecified atom stereocenters. The number of carboxylic acids is 1. The van der Waals surface area contributed by atoms with Crippen molar-refractivity contribution >= 4 is 5.97 Å². The van der Waals surface area contributed by atoms with E-state index in [1.54, 1.807) is 11.9 Å². The quantitative estimate of drug-likeness (QED) is 0.844. The Kier molecular flexibility index (Phi) is 5.16. The van der Waals surface area contributed by atoms with Crippen LogP contribution in [-0.4, -0.2) is 35.7 Å². The van der Waals surface area contributed by atoms with E-state index >= 15 is 0 Å². The minimum Gasteiger partial charge on any atom is -0.491 e. The van der Waals surface area contributed by atoms with E-state index in [-0.39, 0.29) is 18.7 Å². The molecule has 18 heavy (non-hydrogen) atoms. The zero-order valence-electron chi connectivity index (χ0n) is 11.4. The van der Waals surface area contributed by atoms with Gasteiger partial charge in [0.15, 0.2) is 0 Å². The Bertz CT molecular complexity index is 387. The van der Waals surface area contributed by atoms with Gasteiger partial charge in [-0.2, -0.15) is 0 Å².